The zero-order valence-corrected chi connectivity index (χ0v) is 22.6. The predicted molar refractivity (Wildman–Crippen MR) is 142 cm³/mol. The minimum Gasteiger partial charge on any atom is -0.494 e. The summed E-state index contributed by atoms with van der Waals surface area (Å²) in [5, 5.41) is 2.83. The van der Waals surface area contributed by atoms with Gasteiger partial charge in [-0.15, -0.1) is 0 Å². The Morgan fingerprint density at radius 3 is 2.47 bits per heavy atom. The number of alkyl halides is 2. The lowest BCUT2D eigenvalue weighted by Gasteiger charge is -2.36. The van der Waals surface area contributed by atoms with Gasteiger partial charge in [-0.25, -0.2) is 13.8 Å². The minimum atomic E-state index is -3.11. The van der Waals surface area contributed by atoms with E-state index in [1.165, 1.54) is 24.8 Å². The number of guanidine groups is 1. The van der Waals surface area contributed by atoms with E-state index < -0.39 is 28.8 Å². The molecule has 0 saturated carbocycles. The van der Waals surface area contributed by atoms with Gasteiger partial charge in [0.05, 0.1) is 36.6 Å². The molecule has 1 aliphatic carbocycles. The zero-order chi connectivity index (χ0) is 27.9. The standard InChI is InChI=1S/C29H36F2N4O3/c1-6-28(7-2)16-23(36)35(26(32)34-28)17-19-15-18(13-14-22(19)38-8-3)25(37)33-24-20-11-9-10-12-21(20)29(30,31)27(24,4)5/h9-15,24H,6-8,16-17H2,1-5H3,(H2,32,34)(H,33,37). The first-order chi connectivity index (χ1) is 17.9. The van der Waals surface area contributed by atoms with Crippen molar-refractivity contribution in [1.82, 2.24) is 10.2 Å². The number of benzene rings is 2. The molecule has 1 atom stereocenters. The Morgan fingerprint density at radius 2 is 1.84 bits per heavy atom. The second-order valence-corrected chi connectivity index (χ2v) is 10.6. The predicted octanol–water partition coefficient (Wildman–Crippen LogP) is 5.29. The number of amides is 2. The summed E-state index contributed by atoms with van der Waals surface area (Å²) in [6.45, 7) is 9.17. The van der Waals surface area contributed by atoms with Crippen LogP contribution in [0.3, 0.4) is 0 Å². The number of nitrogens with one attached hydrogen (secondary N) is 1. The lowest BCUT2D eigenvalue weighted by molar-refractivity contribution is -0.130. The van der Waals surface area contributed by atoms with Crippen molar-refractivity contribution in [2.75, 3.05) is 6.61 Å². The van der Waals surface area contributed by atoms with Crippen LogP contribution >= 0.6 is 0 Å². The number of nitrogens with zero attached hydrogens (tertiary/aromatic N) is 2. The van der Waals surface area contributed by atoms with Gasteiger partial charge >= 0.3 is 0 Å². The van der Waals surface area contributed by atoms with Gasteiger partial charge in [0.1, 0.15) is 5.75 Å². The summed E-state index contributed by atoms with van der Waals surface area (Å²) in [6, 6.07) is 10.3. The average Bonchev–Trinajstić information content (AvgIpc) is 3.03. The molecule has 0 saturated heterocycles. The quantitative estimate of drug-likeness (QED) is 0.488. The van der Waals surface area contributed by atoms with Crippen LogP contribution in [0.25, 0.3) is 0 Å². The molecule has 0 radical (unpaired) electrons. The smallest absolute Gasteiger partial charge is 0.280 e. The van der Waals surface area contributed by atoms with E-state index >= 15 is 8.78 Å². The van der Waals surface area contributed by atoms with Crippen molar-refractivity contribution in [2.45, 2.75) is 77.9 Å². The maximum absolute atomic E-state index is 15.2. The van der Waals surface area contributed by atoms with Crippen LogP contribution in [0.1, 0.15) is 87.0 Å². The molecule has 0 spiro atoms. The Balaban J connectivity index is 1.64. The maximum Gasteiger partial charge on any atom is 0.280 e. The number of fused-ring (bicyclic) bond motifs is 1. The second kappa shape index (κ2) is 10.0. The molecule has 2 aromatic rings. The lowest BCUT2D eigenvalue weighted by atomic mass is 9.82. The van der Waals surface area contributed by atoms with Gasteiger partial charge in [-0.2, -0.15) is 0 Å². The molecule has 7 nitrogen and oxygen atoms in total. The molecule has 0 aromatic heterocycles. The minimum absolute atomic E-state index is 0.0729. The fourth-order valence-corrected chi connectivity index (χ4v) is 5.41. The summed E-state index contributed by atoms with van der Waals surface area (Å²) in [6.07, 6.45) is 1.64. The molecule has 1 heterocycles. The van der Waals surface area contributed by atoms with E-state index in [4.69, 9.17) is 10.5 Å². The van der Waals surface area contributed by atoms with Crippen molar-refractivity contribution in [3.05, 3.63) is 64.7 Å². The molecule has 9 heteroatoms. The van der Waals surface area contributed by atoms with Crippen molar-refractivity contribution in [3.8, 4) is 5.75 Å². The number of hydrogen-bond donors (Lipinski definition) is 2. The number of nitrogens with two attached hydrogens (primary N) is 1. The number of carbonyl (C=O) groups excluding carboxylic acids is 2. The Morgan fingerprint density at radius 1 is 1.16 bits per heavy atom. The molecule has 0 fully saturated rings. The molecule has 204 valence electrons. The Labute approximate surface area is 222 Å². The molecule has 2 aliphatic rings. The second-order valence-electron chi connectivity index (χ2n) is 10.6. The van der Waals surface area contributed by atoms with E-state index in [1.54, 1.807) is 36.4 Å². The summed E-state index contributed by atoms with van der Waals surface area (Å²) in [7, 11) is 0. The number of hydrogen-bond acceptors (Lipinski definition) is 5. The van der Waals surface area contributed by atoms with Gasteiger partial charge in [-0.05, 0) is 43.5 Å². The van der Waals surface area contributed by atoms with Crippen LogP contribution in [0.15, 0.2) is 47.5 Å². The summed E-state index contributed by atoms with van der Waals surface area (Å²) in [5.74, 6) is -3.12. The highest BCUT2D eigenvalue weighted by Gasteiger charge is 2.60. The molecule has 2 amide bonds. The Kier molecular flexibility index (Phi) is 7.25. The summed E-state index contributed by atoms with van der Waals surface area (Å²) < 4.78 is 36.2. The monoisotopic (exact) mass is 526 g/mol. The van der Waals surface area contributed by atoms with E-state index in [0.29, 0.717) is 36.3 Å². The van der Waals surface area contributed by atoms with Gasteiger partial charge < -0.3 is 15.8 Å². The third kappa shape index (κ3) is 4.52. The first kappa shape index (κ1) is 27.5. The van der Waals surface area contributed by atoms with Crippen molar-refractivity contribution in [2.24, 2.45) is 16.1 Å². The van der Waals surface area contributed by atoms with E-state index in [9.17, 15) is 9.59 Å². The van der Waals surface area contributed by atoms with E-state index in [-0.39, 0.29) is 36.0 Å². The highest BCUT2D eigenvalue weighted by molar-refractivity contribution is 5.99. The van der Waals surface area contributed by atoms with Crippen molar-refractivity contribution in [1.29, 1.82) is 0 Å². The van der Waals surface area contributed by atoms with Crippen LogP contribution in [0.5, 0.6) is 5.75 Å². The summed E-state index contributed by atoms with van der Waals surface area (Å²) in [4.78, 5) is 32.5. The molecule has 3 N–H and O–H groups in total. The van der Waals surface area contributed by atoms with Crippen LogP contribution < -0.4 is 15.8 Å². The molecule has 1 unspecified atom stereocenters. The maximum atomic E-state index is 15.2. The number of halogens is 2. The van der Waals surface area contributed by atoms with E-state index in [2.05, 4.69) is 10.3 Å². The number of rotatable bonds is 8. The molecular formula is C29H36F2N4O3. The van der Waals surface area contributed by atoms with Gasteiger partial charge in [0.25, 0.3) is 11.8 Å². The van der Waals surface area contributed by atoms with E-state index in [0.717, 1.165) is 0 Å². The lowest BCUT2D eigenvalue weighted by Crippen LogP contribution is -2.50. The SMILES string of the molecule is CCOc1ccc(C(=O)NC2c3ccccc3C(F)(F)C2(C)C)cc1CN1C(=O)CC(CC)(CC)N=C1N. The van der Waals surface area contributed by atoms with Crippen LogP contribution in [0, 0.1) is 5.41 Å². The number of ether oxygens (including phenoxy) is 1. The largest absolute Gasteiger partial charge is 0.494 e. The highest BCUT2D eigenvalue weighted by Crippen LogP contribution is 2.59. The molecule has 0 bridgehead atoms. The van der Waals surface area contributed by atoms with Gasteiger partial charge in [0.2, 0.25) is 5.91 Å². The topological polar surface area (TPSA) is 97.0 Å². The van der Waals surface area contributed by atoms with Crippen molar-refractivity contribution in [3.63, 3.8) is 0 Å². The Hall–Kier alpha value is -3.49. The van der Waals surface area contributed by atoms with Crippen molar-refractivity contribution < 1.29 is 23.1 Å². The van der Waals surface area contributed by atoms with Crippen LogP contribution in [0.4, 0.5) is 8.78 Å². The molecule has 38 heavy (non-hydrogen) atoms. The Bertz CT molecular complexity index is 1270. The number of aliphatic imine (C=N–C) groups is 1. The van der Waals surface area contributed by atoms with Crippen LogP contribution in [-0.2, 0) is 17.3 Å². The van der Waals surface area contributed by atoms with Crippen LogP contribution in [-0.4, -0.2) is 34.8 Å². The third-order valence-corrected chi connectivity index (χ3v) is 8.09. The first-order valence-electron chi connectivity index (χ1n) is 13.1. The molecule has 4 rings (SSSR count). The average molecular weight is 527 g/mol. The highest BCUT2D eigenvalue weighted by atomic mass is 19.3. The van der Waals surface area contributed by atoms with Gasteiger partial charge in [0, 0.05) is 16.7 Å². The van der Waals surface area contributed by atoms with Gasteiger partial charge in [-0.1, -0.05) is 52.0 Å². The molecule has 1 aliphatic heterocycles. The normalized spacial score (nSPS) is 21.0. The van der Waals surface area contributed by atoms with Gasteiger partial charge in [-0.3, -0.25) is 14.5 Å². The fourth-order valence-electron chi connectivity index (χ4n) is 5.41. The van der Waals surface area contributed by atoms with E-state index in [1.807, 2.05) is 20.8 Å². The van der Waals surface area contributed by atoms with Crippen LogP contribution in [0.2, 0.25) is 0 Å². The van der Waals surface area contributed by atoms with Crippen molar-refractivity contribution >= 4 is 17.8 Å². The van der Waals surface area contributed by atoms with Gasteiger partial charge in [0.15, 0.2) is 5.96 Å². The summed E-state index contributed by atoms with van der Waals surface area (Å²) in [5.41, 5.74) is 5.37. The number of carbonyl (C=O) groups is 2. The molecule has 2 aromatic carbocycles. The summed E-state index contributed by atoms with van der Waals surface area (Å²) >= 11 is 0. The first-order valence-corrected chi connectivity index (χ1v) is 13.1. The third-order valence-electron chi connectivity index (χ3n) is 8.09. The zero-order valence-electron chi connectivity index (χ0n) is 22.6. The fraction of sp³-hybridized carbons (Fsp3) is 0.483. The molecular weight excluding hydrogens is 490 g/mol.